The van der Waals surface area contributed by atoms with Gasteiger partial charge in [-0.2, -0.15) is 0 Å². The third-order valence-corrected chi connectivity index (χ3v) is 1.59. The van der Waals surface area contributed by atoms with E-state index in [0.717, 1.165) is 6.42 Å². The van der Waals surface area contributed by atoms with E-state index in [0.29, 0.717) is 6.42 Å². The smallest absolute Gasteiger partial charge is 0.564 e. The fourth-order valence-corrected chi connectivity index (χ4v) is 1.00. The number of hydrogen-bond acceptors (Lipinski definition) is 2. The van der Waals surface area contributed by atoms with Gasteiger partial charge in [0.2, 0.25) is 0 Å². The molecule has 0 unspecified atom stereocenters. The molecular weight excluding hydrogens is 149 g/mol. The quantitative estimate of drug-likeness (QED) is 0.455. The second kappa shape index (κ2) is 5.68. The Hall–Kier alpha value is 0.910. The SMILES string of the molecule is CCCCS([NH-])(=O)=O.[Na+]. The molecule has 0 spiro atoms. The summed E-state index contributed by atoms with van der Waals surface area (Å²) in [6.45, 7) is 1.89. The van der Waals surface area contributed by atoms with E-state index in [1.165, 1.54) is 0 Å². The summed E-state index contributed by atoms with van der Waals surface area (Å²) < 4.78 is 20.1. The van der Waals surface area contributed by atoms with Crippen molar-refractivity contribution in [1.29, 1.82) is 0 Å². The summed E-state index contributed by atoms with van der Waals surface area (Å²) in [4.78, 5) is 0. The molecule has 0 atom stereocenters. The van der Waals surface area contributed by atoms with Gasteiger partial charge in [0.1, 0.15) is 0 Å². The molecule has 0 fully saturated rings. The van der Waals surface area contributed by atoms with Crippen LogP contribution in [0.4, 0.5) is 0 Å². The normalized spacial score (nSPS) is 10.4. The largest absolute Gasteiger partial charge is 1.00 e. The number of nitrogens with one attached hydrogen (secondary N) is 1. The molecule has 0 aliphatic heterocycles. The minimum absolute atomic E-state index is 0. The molecule has 9 heavy (non-hydrogen) atoms. The Kier molecular flexibility index (Phi) is 7.93. The van der Waals surface area contributed by atoms with Crippen molar-refractivity contribution in [1.82, 2.24) is 0 Å². The summed E-state index contributed by atoms with van der Waals surface area (Å²) in [5, 5.41) is 6.41. The molecule has 0 aromatic heterocycles. The molecule has 0 saturated heterocycles. The van der Waals surface area contributed by atoms with Crippen molar-refractivity contribution in [3.63, 3.8) is 0 Å². The van der Waals surface area contributed by atoms with E-state index in [1.54, 1.807) is 0 Å². The first-order chi connectivity index (χ1) is 3.56. The van der Waals surface area contributed by atoms with E-state index >= 15 is 0 Å². The zero-order valence-electron chi connectivity index (χ0n) is 5.85. The number of sulfonamides is 1. The first kappa shape index (κ1) is 12.6. The molecule has 5 heteroatoms. The van der Waals surface area contributed by atoms with E-state index in [4.69, 9.17) is 5.14 Å². The summed E-state index contributed by atoms with van der Waals surface area (Å²) >= 11 is 0. The van der Waals surface area contributed by atoms with Crippen LogP contribution in [0.5, 0.6) is 0 Å². The zero-order chi connectivity index (χ0) is 6.62. The van der Waals surface area contributed by atoms with Crippen LogP contribution in [0.25, 0.3) is 5.14 Å². The van der Waals surface area contributed by atoms with Gasteiger partial charge in [-0.15, -0.1) is 0 Å². The van der Waals surface area contributed by atoms with Gasteiger partial charge in [-0.3, -0.25) is 0 Å². The van der Waals surface area contributed by atoms with Crippen molar-refractivity contribution in [2.24, 2.45) is 0 Å². The molecule has 0 aliphatic carbocycles. The van der Waals surface area contributed by atoms with Gasteiger partial charge in [-0.05, 0) is 6.42 Å². The zero-order valence-corrected chi connectivity index (χ0v) is 8.66. The van der Waals surface area contributed by atoms with Crippen LogP contribution in [-0.4, -0.2) is 14.2 Å². The van der Waals surface area contributed by atoms with Gasteiger partial charge >= 0.3 is 29.6 Å². The minimum atomic E-state index is -3.44. The van der Waals surface area contributed by atoms with Crippen LogP contribution >= 0.6 is 0 Å². The van der Waals surface area contributed by atoms with Gasteiger partial charge in [-0.25, -0.2) is 8.42 Å². The molecule has 50 valence electrons. The summed E-state index contributed by atoms with van der Waals surface area (Å²) in [6, 6.07) is 0. The maximum Gasteiger partial charge on any atom is 1.00 e. The summed E-state index contributed by atoms with van der Waals surface area (Å²) in [6.07, 6.45) is 1.43. The Balaban J connectivity index is 0. The molecule has 0 aromatic rings. The van der Waals surface area contributed by atoms with E-state index < -0.39 is 10.0 Å². The minimum Gasteiger partial charge on any atom is -0.564 e. The van der Waals surface area contributed by atoms with Crippen molar-refractivity contribution in [3.05, 3.63) is 5.14 Å². The van der Waals surface area contributed by atoms with Gasteiger partial charge in [0, 0.05) is 5.75 Å². The maximum absolute atomic E-state index is 10.1. The van der Waals surface area contributed by atoms with Gasteiger partial charge in [-0.1, -0.05) is 13.3 Å². The van der Waals surface area contributed by atoms with Gasteiger partial charge in [0.05, 0.1) is 10.0 Å². The van der Waals surface area contributed by atoms with Crippen molar-refractivity contribution < 1.29 is 38.0 Å². The predicted octanol–water partition coefficient (Wildman–Crippen LogP) is -1.83. The van der Waals surface area contributed by atoms with Crippen LogP contribution in [0.3, 0.4) is 0 Å². The van der Waals surface area contributed by atoms with E-state index in [1.807, 2.05) is 6.92 Å². The number of hydrogen-bond donors (Lipinski definition) is 0. The van der Waals surface area contributed by atoms with Crippen LogP contribution in [0.1, 0.15) is 19.8 Å². The Morgan fingerprint density at radius 2 is 1.89 bits per heavy atom. The summed E-state index contributed by atoms with van der Waals surface area (Å²) in [5.41, 5.74) is 0. The molecule has 0 bridgehead atoms. The number of unbranched alkanes of at least 4 members (excludes halogenated alkanes) is 1. The molecule has 3 nitrogen and oxygen atoms in total. The summed E-state index contributed by atoms with van der Waals surface area (Å²) in [5.74, 6) is 0.00347. The van der Waals surface area contributed by atoms with Crippen LogP contribution in [-0.2, 0) is 10.0 Å². The van der Waals surface area contributed by atoms with Gasteiger partial charge in [0.15, 0.2) is 0 Å². The second-order valence-electron chi connectivity index (χ2n) is 1.67. The maximum atomic E-state index is 10.1. The van der Waals surface area contributed by atoms with Crippen molar-refractivity contribution in [2.75, 3.05) is 5.75 Å². The Morgan fingerprint density at radius 1 is 1.44 bits per heavy atom. The third kappa shape index (κ3) is 12.2. The molecule has 0 saturated carbocycles. The van der Waals surface area contributed by atoms with Crippen molar-refractivity contribution in [3.8, 4) is 0 Å². The summed E-state index contributed by atoms with van der Waals surface area (Å²) in [7, 11) is -3.44. The molecule has 0 heterocycles. The van der Waals surface area contributed by atoms with Crippen molar-refractivity contribution >= 4 is 10.0 Å². The van der Waals surface area contributed by atoms with Gasteiger partial charge in [0.25, 0.3) is 0 Å². The van der Waals surface area contributed by atoms with E-state index in [9.17, 15) is 8.42 Å². The average molecular weight is 159 g/mol. The predicted molar refractivity (Wildman–Crippen MR) is 33.0 cm³/mol. The van der Waals surface area contributed by atoms with Crippen LogP contribution < -0.4 is 29.6 Å². The fraction of sp³-hybridized carbons (Fsp3) is 1.00. The first-order valence-corrected chi connectivity index (χ1v) is 4.19. The van der Waals surface area contributed by atoms with Crippen LogP contribution in [0.2, 0.25) is 0 Å². The molecule has 1 N–H and O–H groups in total. The van der Waals surface area contributed by atoms with Gasteiger partial charge < -0.3 is 5.14 Å². The number of rotatable bonds is 3. The Morgan fingerprint density at radius 3 is 2.00 bits per heavy atom. The van der Waals surface area contributed by atoms with Crippen molar-refractivity contribution in [2.45, 2.75) is 19.8 Å². The van der Waals surface area contributed by atoms with E-state index in [2.05, 4.69) is 0 Å². The molecule has 0 aromatic carbocycles. The Labute approximate surface area is 78.3 Å². The molecule has 0 amide bonds. The molecular formula is C4H10NNaO2S. The van der Waals surface area contributed by atoms with E-state index in [-0.39, 0.29) is 35.3 Å². The first-order valence-electron chi connectivity index (χ1n) is 2.53. The third-order valence-electron chi connectivity index (χ3n) is 0.767. The topological polar surface area (TPSA) is 57.9 Å². The van der Waals surface area contributed by atoms with Crippen LogP contribution in [0, 0.1) is 0 Å². The standard InChI is InChI=1S/C4H10NO2S.Na/c1-2-3-4-8(5,6)7;/h2-4H2,1H3,(H-,5,6,7);/q-1;+1. The van der Waals surface area contributed by atoms with Crippen LogP contribution in [0.15, 0.2) is 0 Å². The molecule has 0 radical (unpaired) electrons. The monoisotopic (exact) mass is 159 g/mol. The molecule has 0 aliphatic rings. The fourth-order valence-electron chi connectivity index (χ4n) is 0.334. The second-order valence-corrected chi connectivity index (χ2v) is 3.31. The molecule has 0 rings (SSSR count). The Bertz CT molecular complexity index is 143. The average Bonchev–Trinajstić information content (AvgIpc) is 1.59.